The fraction of sp³-hybridized carbons (Fsp3) is 0.00847. The maximum atomic E-state index is 5.37. The summed E-state index contributed by atoms with van der Waals surface area (Å²) in [4.78, 5) is 49.3. The van der Waals surface area contributed by atoms with E-state index in [-0.39, 0.29) is 0 Å². The van der Waals surface area contributed by atoms with Crippen LogP contribution in [0.25, 0.3) is 206 Å². The number of fused-ring (bicyclic) bond motifs is 9. The fourth-order valence-electron chi connectivity index (χ4n) is 18.1. The van der Waals surface area contributed by atoms with E-state index in [4.69, 9.17) is 44.9 Å². The Morgan fingerprint density at radius 3 is 0.992 bits per heavy atom. The smallest absolute Gasteiger partial charge is 0.174 e. The van der Waals surface area contributed by atoms with Gasteiger partial charge in [-0.05, 0) is 149 Å². The first kappa shape index (κ1) is 79.5. The number of nitrogens with zero attached hydrogens (tertiary/aromatic N) is 9. The van der Waals surface area contributed by atoms with Crippen molar-refractivity contribution in [3.8, 4) is 156 Å². The maximum Gasteiger partial charge on any atom is 0.174 e. The van der Waals surface area contributed by atoms with Crippen LogP contribution in [0.5, 0.6) is 0 Å². The predicted molar refractivity (Wildman–Crippen MR) is 546 cm³/mol. The third kappa shape index (κ3) is 15.3. The van der Waals surface area contributed by atoms with Crippen LogP contribution in [0.1, 0.15) is 22.3 Å². The molecule has 616 valence electrons. The van der Waals surface area contributed by atoms with Crippen molar-refractivity contribution in [2.45, 2.75) is 5.41 Å². The van der Waals surface area contributed by atoms with Gasteiger partial charge in [-0.2, -0.15) is 0 Å². The number of aromatic nitrogens is 9. The van der Waals surface area contributed by atoms with Crippen LogP contribution in [0.2, 0.25) is 0 Å². The summed E-state index contributed by atoms with van der Waals surface area (Å²) in [6.45, 7) is 0. The van der Waals surface area contributed by atoms with Crippen LogP contribution in [0.4, 0.5) is 0 Å². The highest BCUT2D eigenvalue weighted by molar-refractivity contribution is 7.26. The highest BCUT2D eigenvalue weighted by Crippen LogP contribution is 2.59. The molecule has 7 heterocycles. The van der Waals surface area contributed by atoms with Crippen LogP contribution < -0.4 is 0 Å². The molecule has 25 rings (SSSR count). The summed E-state index contributed by atoms with van der Waals surface area (Å²) in [5, 5.41) is 6.07. The van der Waals surface area contributed by atoms with E-state index in [2.05, 4.69) is 425 Å². The van der Waals surface area contributed by atoms with Crippen LogP contribution >= 0.6 is 45.3 Å². The zero-order valence-electron chi connectivity index (χ0n) is 70.5. The normalized spacial score (nSPS) is 11.9. The van der Waals surface area contributed by atoms with E-state index in [1.165, 1.54) is 89.4 Å². The van der Waals surface area contributed by atoms with Gasteiger partial charge in [0.15, 0.2) is 52.4 Å². The molecule has 7 aromatic heterocycles. The van der Waals surface area contributed by atoms with Gasteiger partial charge >= 0.3 is 0 Å². The first-order valence-electron chi connectivity index (χ1n) is 43.5. The Labute approximate surface area is 773 Å². The Morgan fingerprint density at radius 1 is 0.168 bits per heavy atom. The van der Waals surface area contributed by atoms with Crippen molar-refractivity contribution in [2.75, 3.05) is 0 Å². The van der Waals surface area contributed by atoms with Crippen LogP contribution in [-0.2, 0) is 5.41 Å². The lowest BCUT2D eigenvalue weighted by atomic mass is 9.67. The molecule has 1 aliphatic rings. The minimum atomic E-state index is -0.519. The van der Waals surface area contributed by atoms with Crippen molar-refractivity contribution >= 4 is 95.8 Å². The topological polar surface area (TPSA) is 116 Å². The van der Waals surface area contributed by atoms with Gasteiger partial charge in [-0.1, -0.05) is 400 Å². The first-order valence-corrected chi connectivity index (χ1v) is 46.8. The SMILES string of the molecule is c1ccc(-c2ccc(-c3nc(-c4cc5ccccc5s4)nc(-c4ccccc4-c4ccccc4)n3)cc2)cc1.c1ccc(-c2cccc(-c3nc(-c4cc5ccccc5s4)nc(-c4cccc5c4sc4ccccc45)n3)c2)cc1.c1ccc(-c2ccccc2-c2nc(-c3cc4ccccc4s3)nc(-c3cccc4c3-c3ccccc3C4(c3ccccc3)c3ccccc3)n2)cc1. The molecule has 131 heavy (non-hydrogen) atoms. The number of benzene rings is 17. The zero-order valence-corrected chi connectivity index (χ0v) is 73.7. The zero-order chi connectivity index (χ0) is 87.0. The van der Waals surface area contributed by atoms with Crippen LogP contribution in [0.3, 0.4) is 0 Å². The summed E-state index contributed by atoms with van der Waals surface area (Å²) < 4.78 is 6.10. The molecule has 0 aliphatic heterocycles. The molecule has 24 aromatic rings. The highest BCUT2D eigenvalue weighted by Gasteiger charge is 2.47. The minimum Gasteiger partial charge on any atom is -0.208 e. The second-order valence-electron chi connectivity index (χ2n) is 32.1. The molecule has 0 saturated carbocycles. The summed E-state index contributed by atoms with van der Waals surface area (Å²) in [6, 6.07) is 159. The molecule has 13 heteroatoms. The Hall–Kier alpha value is -16.1. The summed E-state index contributed by atoms with van der Waals surface area (Å²) in [7, 11) is 0. The fourth-order valence-corrected chi connectivity index (χ4v) is 22.3. The van der Waals surface area contributed by atoms with Gasteiger partial charge in [0.25, 0.3) is 0 Å². The average Bonchev–Trinajstić information content (AvgIpc) is 1.53. The number of thiophene rings is 4. The molecule has 0 amide bonds. The van der Waals surface area contributed by atoms with Crippen molar-refractivity contribution < 1.29 is 0 Å². The Balaban J connectivity index is 0.000000113. The quantitative estimate of drug-likeness (QED) is 0.0989. The number of hydrogen-bond acceptors (Lipinski definition) is 13. The molecular weight excluding hydrogens is 1670 g/mol. The highest BCUT2D eigenvalue weighted by atomic mass is 32.1. The molecule has 9 nitrogen and oxygen atoms in total. The van der Waals surface area contributed by atoms with Gasteiger partial charge in [0.2, 0.25) is 0 Å². The van der Waals surface area contributed by atoms with Crippen LogP contribution in [0.15, 0.2) is 455 Å². The molecule has 0 unspecified atom stereocenters. The monoisotopic (exact) mass is 1750 g/mol. The second kappa shape index (κ2) is 34.9. The number of rotatable bonds is 15. The maximum absolute atomic E-state index is 5.37. The van der Waals surface area contributed by atoms with Gasteiger partial charge in [-0.3, -0.25) is 0 Å². The average molecular weight is 1750 g/mol. The third-order valence-electron chi connectivity index (χ3n) is 24.2. The lowest BCUT2D eigenvalue weighted by molar-refractivity contribution is 0.768. The standard InChI is InChI=1S/C48H31N3S.C35H21N3S2.C35H23N3S/c1-4-17-32(18-5-1)36-24-11-12-25-37(36)45-49-46(51-47(50-45)43-31-33-19-10-15-30-42(33)52-43)39-27-16-29-41-44(39)38-26-13-14-28-40(38)48(41,34-20-6-2-7-21-34)35-22-8-3-9-23-35;1-2-10-22(11-3-1)23-13-8-14-25(20-23)33-36-34(38-35(37-33)31-21-24-12-4-6-18-29(24)39-31)28-17-9-16-27-26-15-5-7-19-30(26)40-32(27)28;1-3-11-24(12-4-1)25-19-21-27(22-20-25)33-36-34(30-17-9-8-16-29(30)26-13-5-2-6-14-26)38-35(37-33)32-23-28-15-7-10-18-31(28)39-32/h1-31H;1-21H;1-23H. The predicted octanol–water partition coefficient (Wildman–Crippen LogP) is 31.7. The van der Waals surface area contributed by atoms with Gasteiger partial charge in [-0.15, -0.1) is 45.3 Å². The van der Waals surface area contributed by atoms with E-state index in [0.717, 1.165) is 87.0 Å². The van der Waals surface area contributed by atoms with Gasteiger partial charge in [-0.25, -0.2) is 44.9 Å². The molecule has 0 atom stereocenters. The van der Waals surface area contributed by atoms with Crippen molar-refractivity contribution in [1.29, 1.82) is 0 Å². The lowest BCUT2D eigenvalue weighted by Gasteiger charge is -2.33. The number of hydrogen-bond donors (Lipinski definition) is 0. The van der Waals surface area contributed by atoms with Crippen LogP contribution in [0, 0.1) is 0 Å². The van der Waals surface area contributed by atoms with Gasteiger partial charge in [0.05, 0.1) is 20.0 Å². The van der Waals surface area contributed by atoms with E-state index in [0.29, 0.717) is 52.4 Å². The Kier molecular flexibility index (Phi) is 21.2. The molecule has 0 fully saturated rings. The molecule has 0 saturated heterocycles. The minimum absolute atomic E-state index is 0.519. The van der Waals surface area contributed by atoms with Gasteiger partial charge < -0.3 is 0 Å². The Morgan fingerprint density at radius 2 is 0.481 bits per heavy atom. The van der Waals surface area contributed by atoms with E-state index in [1.54, 1.807) is 45.3 Å². The lowest BCUT2D eigenvalue weighted by Crippen LogP contribution is -2.28. The first-order chi connectivity index (χ1) is 64.9. The second-order valence-corrected chi connectivity index (χ2v) is 36.4. The van der Waals surface area contributed by atoms with E-state index in [9.17, 15) is 0 Å². The molecule has 0 radical (unpaired) electrons. The largest absolute Gasteiger partial charge is 0.208 e. The van der Waals surface area contributed by atoms with Gasteiger partial charge in [0, 0.05) is 67.7 Å². The van der Waals surface area contributed by atoms with Gasteiger partial charge in [0.1, 0.15) is 0 Å². The van der Waals surface area contributed by atoms with Crippen molar-refractivity contribution in [3.63, 3.8) is 0 Å². The molecule has 0 bridgehead atoms. The summed E-state index contributed by atoms with van der Waals surface area (Å²) in [6.07, 6.45) is 0. The van der Waals surface area contributed by atoms with E-state index in [1.807, 2.05) is 30.3 Å². The molecular formula is C118H75N9S4. The van der Waals surface area contributed by atoms with Crippen molar-refractivity contribution in [3.05, 3.63) is 477 Å². The van der Waals surface area contributed by atoms with Crippen molar-refractivity contribution in [1.82, 2.24) is 44.9 Å². The van der Waals surface area contributed by atoms with E-state index < -0.39 is 5.41 Å². The third-order valence-corrected chi connectivity index (χ3v) is 28.8. The van der Waals surface area contributed by atoms with Crippen LogP contribution in [-0.4, -0.2) is 44.9 Å². The summed E-state index contributed by atoms with van der Waals surface area (Å²) >= 11 is 6.93. The molecule has 1 aliphatic carbocycles. The molecule has 0 N–H and O–H groups in total. The Bertz CT molecular complexity index is 8210. The molecule has 17 aromatic carbocycles. The summed E-state index contributed by atoms with van der Waals surface area (Å²) in [5.74, 6) is 6.06. The van der Waals surface area contributed by atoms with E-state index >= 15 is 0 Å². The molecule has 0 spiro atoms. The summed E-state index contributed by atoms with van der Waals surface area (Å²) in [5.41, 5.74) is 21.7. The van der Waals surface area contributed by atoms with Crippen molar-refractivity contribution in [2.24, 2.45) is 0 Å².